The Morgan fingerprint density at radius 2 is 2.04 bits per heavy atom. The highest BCUT2D eigenvalue weighted by Gasteiger charge is 2.24. The number of carbonyl (C=O) groups excluding carboxylic acids is 1. The third kappa shape index (κ3) is 6.45. The summed E-state index contributed by atoms with van der Waals surface area (Å²) in [4.78, 5) is 13.9. The molecule has 0 spiro atoms. The lowest BCUT2D eigenvalue weighted by Gasteiger charge is -2.30. The van der Waals surface area contributed by atoms with Crippen LogP contribution in [-0.2, 0) is 4.79 Å². The number of ether oxygens (including phenoxy) is 1. The van der Waals surface area contributed by atoms with Crippen molar-refractivity contribution in [1.82, 2.24) is 10.2 Å². The van der Waals surface area contributed by atoms with Crippen molar-refractivity contribution in [3.05, 3.63) is 30.1 Å². The molecule has 5 nitrogen and oxygen atoms in total. The van der Waals surface area contributed by atoms with E-state index in [1.807, 2.05) is 11.9 Å². The van der Waals surface area contributed by atoms with E-state index >= 15 is 0 Å². The molecule has 0 radical (unpaired) electrons. The van der Waals surface area contributed by atoms with Crippen LogP contribution in [0.25, 0.3) is 0 Å². The quantitative estimate of drug-likeness (QED) is 0.710. The maximum absolute atomic E-state index is 12.8. The maximum atomic E-state index is 12.8. The van der Waals surface area contributed by atoms with Crippen molar-refractivity contribution in [2.75, 3.05) is 33.3 Å². The Bertz CT molecular complexity index is 509. The summed E-state index contributed by atoms with van der Waals surface area (Å²) in [6, 6.07) is 5.78. The molecule has 2 unspecified atom stereocenters. The molecule has 2 N–H and O–H groups in total. The predicted molar refractivity (Wildman–Crippen MR) is 90.4 cm³/mol. The van der Waals surface area contributed by atoms with Crippen molar-refractivity contribution in [3.63, 3.8) is 0 Å². The van der Waals surface area contributed by atoms with Crippen molar-refractivity contribution >= 4 is 5.91 Å². The summed E-state index contributed by atoms with van der Waals surface area (Å²) in [5.74, 6) is 0.472. The second-order valence-electron chi connectivity index (χ2n) is 6.46. The molecule has 1 aromatic carbocycles. The average molecular weight is 338 g/mol. The fraction of sp³-hybridized carbons (Fsp3) is 0.611. The minimum Gasteiger partial charge on any atom is -0.492 e. The molecule has 0 aromatic heterocycles. The minimum absolute atomic E-state index is 0.0643. The first-order valence-corrected chi connectivity index (χ1v) is 8.56. The van der Waals surface area contributed by atoms with Gasteiger partial charge in [-0.25, -0.2) is 4.39 Å². The smallest absolute Gasteiger partial charge is 0.234 e. The zero-order valence-corrected chi connectivity index (χ0v) is 14.2. The summed E-state index contributed by atoms with van der Waals surface area (Å²) in [7, 11) is 1.90. The number of rotatable bonds is 8. The Balaban J connectivity index is 1.59. The Morgan fingerprint density at radius 1 is 1.33 bits per heavy atom. The molecule has 2 atom stereocenters. The molecule has 1 saturated carbocycles. The summed E-state index contributed by atoms with van der Waals surface area (Å²) in [6.07, 6.45) is 3.90. The van der Waals surface area contributed by atoms with E-state index in [-0.39, 0.29) is 23.7 Å². The topological polar surface area (TPSA) is 61.8 Å². The summed E-state index contributed by atoms with van der Waals surface area (Å²) >= 11 is 0. The number of likely N-dealkylation sites (N-methyl/N-ethyl adjacent to an activating group) is 1. The van der Waals surface area contributed by atoms with Crippen LogP contribution >= 0.6 is 0 Å². The summed E-state index contributed by atoms with van der Waals surface area (Å²) in [5, 5.41) is 12.8. The average Bonchev–Trinajstić information content (AvgIpc) is 2.55. The molecule has 0 saturated heterocycles. The Labute approximate surface area is 142 Å². The number of nitrogens with zero attached hydrogens (tertiary/aromatic N) is 1. The standard InChI is InChI=1S/C18H27FN2O3/c1-21(12-14-4-2-3-5-17(14)22)13-18(23)20-10-11-24-16-8-6-15(19)7-9-16/h6-9,14,17,22H,2-5,10-13H2,1H3,(H,20,23). The van der Waals surface area contributed by atoms with Gasteiger partial charge in [-0.2, -0.15) is 0 Å². The molecule has 2 rings (SSSR count). The Kier molecular flexibility index (Phi) is 7.46. The van der Waals surface area contributed by atoms with Gasteiger partial charge in [0.15, 0.2) is 0 Å². The van der Waals surface area contributed by atoms with Crippen LogP contribution in [0.4, 0.5) is 4.39 Å². The van der Waals surface area contributed by atoms with E-state index in [2.05, 4.69) is 5.32 Å². The van der Waals surface area contributed by atoms with Gasteiger partial charge in [0, 0.05) is 6.54 Å². The van der Waals surface area contributed by atoms with Crippen LogP contribution in [0.2, 0.25) is 0 Å². The zero-order chi connectivity index (χ0) is 17.4. The molecule has 1 aliphatic carbocycles. The van der Waals surface area contributed by atoms with Crippen LogP contribution in [0.15, 0.2) is 24.3 Å². The van der Waals surface area contributed by atoms with E-state index in [0.717, 1.165) is 32.2 Å². The third-order valence-electron chi connectivity index (χ3n) is 4.34. The molecule has 24 heavy (non-hydrogen) atoms. The number of amides is 1. The van der Waals surface area contributed by atoms with Gasteiger partial charge in [-0.1, -0.05) is 12.8 Å². The molecule has 1 amide bonds. The number of aliphatic hydroxyl groups is 1. The number of aliphatic hydroxyl groups excluding tert-OH is 1. The highest BCUT2D eigenvalue weighted by atomic mass is 19.1. The molecular formula is C18H27FN2O3. The van der Waals surface area contributed by atoms with Gasteiger partial charge in [-0.3, -0.25) is 9.69 Å². The second-order valence-corrected chi connectivity index (χ2v) is 6.46. The fourth-order valence-corrected chi connectivity index (χ4v) is 3.06. The largest absolute Gasteiger partial charge is 0.492 e. The maximum Gasteiger partial charge on any atom is 0.234 e. The molecule has 1 fully saturated rings. The van der Waals surface area contributed by atoms with Crippen molar-refractivity contribution < 1.29 is 19.0 Å². The lowest BCUT2D eigenvalue weighted by Crippen LogP contribution is -2.41. The first-order chi connectivity index (χ1) is 11.5. The lowest BCUT2D eigenvalue weighted by atomic mass is 9.86. The van der Waals surface area contributed by atoms with Gasteiger partial charge >= 0.3 is 0 Å². The van der Waals surface area contributed by atoms with Crippen LogP contribution in [0, 0.1) is 11.7 Å². The normalized spacial score (nSPS) is 20.8. The molecule has 1 aromatic rings. The van der Waals surface area contributed by atoms with Crippen LogP contribution in [0.3, 0.4) is 0 Å². The lowest BCUT2D eigenvalue weighted by molar-refractivity contribution is -0.122. The summed E-state index contributed by atoms with van der Waals surface area (Å²) in [5.41, 5.74) is 0. The second kappa shape index (κ2) is 9.59. The molecule has 0 aliphatic heterocycles. The molecule has 0 heterocycles. The van der Waals surface area contributed by atoms with Gasteiger partial charge in [-0.05, 0) is 50.1 Å². The van der Waals surface area contributed by atoms with Gasteiger partial charge < -0.3 is 15.2 Å². The van der Waals surface area contributed by atoms with Crippen molar-refractivity contribution in [1.29, 1.82) is 0 Å². The van der Waals surface area contributed by atoms with Crippen LogP contribution in [0.5, 0.6) is 5.75 Å². The van der Waals surface area contributed by atoms with E-state index < -0.39 is 0 Å². The molecular weight excluding hydrogens is 311 g/mol. The highest BCUT2D eigenvalue weighted by molar-refractivity contribution is 5.77. The van der Waals surface area contributed by atoms with E-state index in [4.69, 9.17) is 4.74 Å². The number of hydrogen-bond donors (Lipinski definition) is 2. The zero-order valence-electron chi connectivity index (χ0n) is 14.2. The minimum atomic E-state index is -0.304. The fourth-order valence-electron chi connectivity index (χ4n) is 3.06. The Hall–Kier alpha value is -1.66. The third-order valence-corrected chi connectivity index (χ3v) is 4.34. The first-order valence-electron chi connectivity index (χ1n) is 8.56. The summed E-state index contributed by atoms with van der Waals surface area (Å²) < 4.78 is 18.2. The van der Waals surface area contributed by atoms with Crippen LogP contribution in [-0.4, -0.2) is 55.3 Å². The van der Waals surface area contributed by atoms with E-state index in [9.17, 15) is 14.3 Å². The van der Waals surface area contributed by atoms with Crippen LogP contribution < -0.4 is 10.1 Å². The molecule has 6 heteroatoms. The number of benzene rings is 1. The van der Waals surface area contributed by atoms with Crippen molar-refractivity contribution in [2.45, 2.75) is 31.8 Å². The van der Waals surface area contributed by atoms with E-state index in [1.54, 1.807) is 12.1 Å². The van der Waals surface area contributed by atoms with E-state index in [1.165, 1.54) is 12.1 Å². The Morgan fingerprint density at radius 3 is 2.75 bits per heavy atom. The molecule has 0 bridgehead atoms. The highest BCUT2D eigenvalue weighted by Crippen LogP contribution is 2.24. The number of hydrogen-bond acceptors (Lipinski definition) is 4. The van der Waals surface area contributed by atoms with E-state index in [0.29, 0.717) is 25.4 Å². The van der Waals surface area contributed by atoms with Gasteiger partial charge in [0.2, 0.25) is 5.91 Å². The van der Waals surface area contributed by atoms with Gasteiger partial charge in [0.25, 0.3) is 0 Å². The molecule has 134 valence electrons. The van der Waals surface area contributed by atoms with Crippen molar-refractivity contribution in [3.8, 4) is 5.75 Å². The number of nitrogens with one attached hydrogen (secondary N) is 1. The van der Waals surface area contributed by atoms with Crippen molar-refractivity contribution in [2.24, 2.45) is 5.92 Å². The SMILES string of the molecule is CN(CC(=O)NCCOc1ccc(F)cc1)CC1CCCCC1O. The predicted octanol–water partition coefficient (Wildman–Crippen LogP) is 1.80. The number of carbonyl (C=O) groups is 1. The molecule has 1 aliphatic rings. The number of halogens is 1. The van der Waals surface area contributed by atoms with Crippen LogP contribution in [0.1, 0.15) is 25.7 Å². The van der Waals surface area contributed by atoms with Gasteiger partial charge in [0.05, 0.1) is 19.2 Å². The summed E-state index contributed by atoms with van der Waals surface area (Å²) in [6.45, 7) is 1.78. The van der Waals surface area contributed by atoms with Gasteiger partial charge in [-0.15, -0.1) is 0 Å². The first kappa shape index (κ1) is 18.7. The monoisotopic (exact) mass is 338 g/mol. The van der Waals surface area contributed by atoms with Gasteiger partial charge in [0.1, 0.15) is 18.2 Å².